The maximum atomic E-state index is 13.6. The van der Waals surface area contributed by atoms with Gasteiger partial charge in [-0.1, -0.05) is 48.0 Å². The van der Waals surface area contributed by atoms with E-state index in [0.717, 1.165) is 0 Å². The van der Waals surface area contributed by atoms with Gasteiger partial charge in [-0.3, -0.25) is 4.79 Å². The van der Waals surface area contributed by atoms with Crippen molar-refractivity contribution in [1.29, 1.82) is 0 Å². The van der Waals surface area contributed by atoms with Crippen LogP contribution in [0.4, 0.5) is 11.6 Å². The second-order valence-electron chi connectivity index (χ2n) is 8.00. The normalized spacial score (nSPS) is 14.8. The van der Waals surface area contributed by atoms with Gasteiger partial charge < -0.3 is 20.5 Å². The number of halogens is 1. The van der Waals surface area contributed by atoms with Gasteiger partial charge in [0.2, 0.25) is 5.95 Å². The van der Waals surface area contributed by atoms with E-state index in [-0.39, 0.29) is 11.7 Å². The summed E-state index contributed by atoms with van der Waals surface area (Å²) in [5, 5.41) is 21.6. The van der Waals surface area contributed by atoms with Crippen molar-refractivity contribution in [2.75, 3.05) is 17.7 Å². The molecule has 1 amide bonds. The quantitative estimate of drug-likeness (QED) is 0.356. The fraction of sp³-hybridized carbons (Fsp3) is 0.115. The van der Waals surface area contributed by atoms with Gasteiger partial charge in [0.25, 0.3) is 5.91 Å². The fourth-order valence-corrected chi connectivity index (χ4v) is 4.36. The molecule has 4 aromatic rings. The van der Waals surface area contributed by atoms with Crippen molar-refractivity contribution in [2.24, 2.45) is 0 Å². The third-order valence-corrected chi connectivity index (χ3v) is 6.08. The zero-order valence-electron chi connectivity index (χ0n) is 19.0. The maximum Gasteiger partial charge on any atom is 0.255 e. The van der Waals surface area contributed by atoms with Crippen LogP contribution in [-0.4, -0.2) is 32.9 Å². The number of methoxy groups -OCH3 is 1. The van der Waals surface area contributed by atoms with Crippen LogP contribution in [0.3, 0.4) is 0 Å². The van der Waals surface area contributed by atoms with Crippen LogP contribution >= 0.6 is 11.6 Å². The second-order valence-corrected chi connectivity index (χ2v) is 8.41. The smallest absolute Gasteiger partial charge is 0.255 e. The number of benzene rings is 3. The Morgan fingerprint density at radius 2 is 1.89 bits per heavy atom. The number of ether oxygens (including phenoxy) is 1. The SMILES string of the molecule is COc1ccccc1NC(=O)C1=C(C)Nc2nc(-c3ccccc3Cl)nn2[C@H]1c1cccc(O)c1. The van der Waals surface area contributed by atoms with Gasteiger partial charge >= 0.3 is 0 Å². The molecule has 9 heteroatoms. The zero-order valence-corrected chi connectivity index (χ0v) is 19.7. The third kappa shape index (κ3) is 4.20. The van der Waals surface area contributed by atoms with Crippen LogP contribution in [0.15, 0.2) is 84.1 Å². The van der Waals surface area contributed by atoms with E-state index in [9.17, 15) is 9.90 Å². The number of fused-ring (bicyclic) bond motifs is 1. The van der Waals surface area contributed by atoms with Gasteiger partial charge in [-0.25, -0.2) is 4.68 Å². The number of hydrogen-bond acceptors (Lipinski definition) is 6. The molecule has 0 saturated heterocycles. The number of nitrogens with zero attached hydrogens (tertiary/aromatic N) is 3. The number of phenolic OH excluding ortho intramolecular Hbond substituents is 1. The minimum absolute atomic E-state index is 0.0798. The lowest BCUT2D eigenvalue weighted by Crippen LogP contribution is -2.31. The van der Waals surface area contributed by atoms with E-state index in [2.05, 4.69) is 15.6 Å². The predicted octanol–water partition coefficient (Wildman–Crippen LogP) is 5.24. The van der Waals surface area contributed by atoms with Crippen molar-refractivity contribution < 1.29 is 14.6 Å². The molecule has 0 bridgehead atoms. The van der Waals surface area contributed by atoms with Crippen molar-refractivity contribution in [3.05, 3.63) is 94.7 Å². The van der Waals surface area contributed by atoms with Crippen LogP contribution in [0.5, 0.6) is 11.5 Å². The number of phenols is 1. The Morgan fingerprint density at radius 3 is 2.66 bits per heavy atom. The second kappa shape index (κ2) is 9.15. The summed E-state index contributed by atoms with van der Waals surface area (Å²) >= 11 is 6.39. The Kier molecular flexibility index (Phi) is 5.88. The predicted molar refractivity (Wildman–Crippen MR) is 135 cm³/mol. The van der Waals surface area contributed by atoms with E-state index >= 15 is 0 Å². The summed E-state index contributed by atoms with van der Waals surface area (Å²) in [5.41, 5.74) is 2.91. The molecule has 0 unspecified atom stereocenters. The van der Waals surface area contributed by atoms with Gasteiger partial charge in [-0.2, -0.15) is 4.98 Å². The number of carbonyl (C=O) groups is 1. The third-order valence-electron chi connectivity index (χ3n) is 5.75. The van der Waals surface area contributed by atoms with Crippen molar-refractivity contribution in [3.63, 3.8) is 0 Å². The molecule has 2 heterocycles. The average Bonchev–Trinajstić information content (AvgIpc) is 3.27. The first-order chi connectivity index (χ1) is 17.0. The molecule has 1 aromatic heterocycles. The number of aromatic hydroxyl groups is 1. The first kappa shape index (κ1) is 22.5. The molecule has 0 fully saturated rings. The lowest BCUT2D eigenvalue weighted by Gasteiger charge is -2.29. The summed E-state index contributed by atoms with van der Waals surface area (Å²) < 4.78 is 7.02. The highest BCUT2D eigenvalue weighted by molar-refractivity contribution is 6.33. The minimum atomic E-state index is -0.656. The lowest BCUT2D eigenvalue weighted by atomic mass is 9.95. The number of allylic oxidation sites excluding steroid dienone is 1. The number of carbonyl (C=O) groups excluding carboxylic acids is 1. The van der Waals surface area contributed by atoms with Crippen molar-refractivity contribution in [2.45, 2.75) is 13.0 Å². The standard InChI is InChI=1S/C26H22ClN5O3/c1-15-22(25(34)29-20-12-5-6-13-21(20)35-2)23(16-8-7-9-17(33)14-16)32-26(28-15)30-24(31-32)18-10-3-4-11-19(18)27/h3-14,23,33H,1-2H3,(H,29,34)(H,28,30,31)/t23-/m0/s1. The van der Waals surface area contributed by atoms with Gasteiger partial charge in [-0.05, 0) is 48.9 Å². The number of hydrogen-bond donors (Lipinski definition) is 3. The molecule has 3 aromatic carbocycles. The summed E-state index contributed by atoms with van der Waals surface area (Å²) in [5.74, 6) is 1.16. The molecule has 1 atom stereocenters. The van der Waals surface area contributed by atoms with Gasteiger partial charge in [0.1, 0.15) is 17.5 Å². The molecule has 0 saturated carbocycles. The minimum Gasteiger partial charge on any atom is -0.508 e. The number of nitrogens with one attached hydrogen (secondary N) is 2. The van der Waals surface area contributed by atoms with Crippen LogP contribution in [0.25, 0.3) is 11.4 Å². The van der Waals surface area contributed by atoms with Gasteiger partial charge in [0, 0.05) is 11.3 Å². The molecular weight excluding hydrogens is 466 g/mol. The molecule has 1 aliphatic rings. The monoisotopic (exact) mass is 487 g/mol. The Morgan fingerprint density at radius 1 is 1.11 bits per heavy atom. The van der Waals surface area contributed by atoms with Crippen LogP contribution < -0.4 is 15.4 Å². The highest BCUT2D eigenvalue weighted by atomic mass is 35.5. The van der Waals surface area contributed by atoms with Gasteiger partial charge in [-0.15, -0.1) is 5.10 Å². The zero-order chi connectivity index (χ0) is 24.5. The van der Waals surface area contributed by atoms with Crippen LogP contribution in [0, 0.1) is 0 Å². The highest BCUT2D eigenvalue weighted by Crippen LogP contribution is 2.38. The maximum absolute atomic E-state index is 13.6. The molecule has 1 aliphatic heterocycles. The topological polar surface area (TPSA) is 101 Å². The van der Waals surface area contributed by atoms with Crippen LogP contribution in [0.2, 0.25) is 5.02 Å². The Hall–Kier alpha value is -4.30. The van der Waals surface area contributed by atoms with E-state index in [1.54, 1.807) is 55.1 Å². The number of rotatable bonds is 5. The summed E-state index contributed by atoms with van der Waals surface area (Å²) in [6, 6.07) is 20.6. The van der Waals surface area contributed by atoms with E-state index in [0.29, 0.717) is 50.6 Å². The lowest BCUT2D eigenvalue weighted by molar-refractivity contribution is -0.113. The number of aromatic nitrogens is 3. The molecule has 5 rings (SSSR count). The summed E-state index contributed by atoms with van der Waals surface area (Å²) in [6.07, 6.45) is 0. The molecule has 176 valence electrons. The molecule has 0 radical (unpaired) electrons. The Balaban J connectivity index is 1.62. The first-order valence-electron chi connectivity index (χ1n) is 10.9. The van der Waals surface area contributed by atoms with E-state index in [4.69, 9.17) is 21.4 Å². The highest BCUT2D eigenvalue weighted by Gasteiger charge is 2.35. The molecular formula is C26H22ClN5O3. The van der Waals surface area contributed by atoms with Crippen LogP contribution in [-0.2, 0) is 4.79 Å². The van der Waals surface area contributed by atoms with E-state index in [1.165, 1.54) is 0 Å². The van der Waals surface area contributed by atoms with E-state index in [1.807, 2.05) is 36.4 Å². The Bertz CT molecular complexity index is 1460. The van der Waals surface area contributed by atoms with E-state index < -0.39 is 6.04 Å². The summed E-state index contributed by atoms with van der Waals surface area (Å²) in [4.78, 5) is 18.3. The fourth-order valence-electron chi connectivity index (χ4n) is 4.14. The first-order valence-corrected chi connectivity index (χ1v) is 11.3. The Labute approximate surface area is 206 Å². The van der Waals surface area contributed by atoms with Crippen molar-refractivity contribution in [3.8, 4) is 22.9 Å². The number of anilines is 2. The average molecular weight is 488 g/mol. The van der Waals surface area contributed by atoms with Gasteiger partial charge in [0.05, 0.1) is 23.4 Å². The molecule has 0 aliphatic carbocycles. The van der Waals surface area contributed by atoms with Crippen LogP contribution in [0.1, 0.15) is 18.5 Å². The molecule has 0 spiro atoms. The summed E-state index contributed by atoms with van der Waals surface area (Å²) in [6.45, 7) is 1.81. The largest absolute Gasteiger partial charge is 0.508 e. The summed E-state index contributed by atoms with van der Waals surface area (Å²) in [7, 11) is 1.55. The molecule has 3 N–H and O–H groups in total. The van der Waals surface area contributed by atoms with Crippen molar-refractivity contribution >= 4 is 29.1 Å². The van der Waals surface area contributed by atoms with Gasteiger partial charge in [0.15, 0.2) is 5.82 Å². The van der Waals surface area contributed by atoms with Crippen molar-refractivity contribution in [1.82, 2.24) is 14.8 Å². The number of para-hydroxylation sites is 2. The number of amides is 1. The molecule has 35 heavy (non-hydrogen) atoms. The molecule has 8 nitrogen and oxygen atoms in total.